The Balaban J connectivity index is 1.55. The average molecular weight is 285 g/mol. The maximum Gasteiger partial charge on any atom is 0.223 e. The number of amides is 1. The highest BCUT2D eigenvalue weighted by molar-refractivity contribution is 5.79. The Labute approximate surface area is 126 Å². The highest BCUT2D eigenvalue weighted by Gasteiger charge is 2.20. The van der Waals surface area contributed by atoms with Gasteiger partial charge in [-0.25, -0.2) is 0 Å². The lowest BCUT2D eigenvalue weighted by molar-refractivity contribution is -0.125. The van der Waals surface area contributed by atoms with Crippen molar-refractivity contribution < 1.29 is 9.53 Å². The molecular formula is C18H23NO2. The third-order valence-corrected chi connectivity index (χ3v) is 4.32. The van der Waals surface area contributed by atoms with Gasteiger partial charge in [-0.15, -0.1) is 0 Å². The molecule has 3 nitrogen and oxygen atoms in total. The van der Waals surface area contributed by atoms with Gasteiger partial charge >= 0.3 is 0 Å². The van der Waals surface area contributed by atoms with Crippen molar-refractivity contribution in [3.63, 3.8) is 0 Å². The fourth-order valence-electron chi connectivity index (χ4n) is 3.16. The molecular weight excluding hydrogens is 262 g/mol. The van der Waals surface area contributed by atoms with Crippen molar-refractivity contribution in [3.8, 4) is 5.75 Å². The molecule has 1 aliphatic carbocycles. The molecule has 1 aromatic rings. The smallest absolute Gasteiger partial charge is 0.223 e. The molecule has 1 N–H and O–H groups in total. The van der Waals surface area contributed by atoms with Crippen molar-refractivity contribution in [2.24, 2.45) is 5.92 Å². The zero-order valence-electron chi connectivity index (χ0n) is 12.6. The Morgan fingerprint density at radius 3 is 3.14 bits per heavy atom. The minimum absolute atomic E-state index is 0.158. The summed E-state index contributed by atoms with van der Waals surface area (Å²) in [7, 11) is 0. The van der Waals surface area contributed by atoms with Crippen LogP contribution in [0.1, 0.15) is 37.3 Å². The van der Waals surface area contributed by atoms with Gasteiger partial charge in [0.05, 0.1) is 6.61 Å². The summed E-state index contributed by atoms with van der Waals surface area (Å²) >= 11 is 0. The van der Waals surface area contributed by atoms with E-state index in [1.54, 1.807) is 0 Å². The number of carbonyl (C=O) groups excluding carboxylic acids is 1. The van der Waals surface area contributed by atoms with E-state index >= 15 is 0 Å². The van der Waals surface area contributed by atoms with E-state index in [9.17, 15) is 4.79 Å². The molecule has 0 saturated heterocycles. The van der Waals surface area contributed by atoms with Crippen LogP contribution in [0.15, 0.2) is 30.4 Å². The Morgan fingerprint density at radius 1 is 1.43 bits per heavy atom. The second-order valence-electron chi connectivity index (χ2n) is 6.14. The summed E-state index contributed by atoms with van der Waals surface area (Å²) in [6, 6.07) is 6.55. The van der Waals surface area contributed by atoms with E-state index in [-0.39, 0.29) is 17.9 Å². The van der Waals surface area contributed by atoms with Crippen LogP contribution >= 0.6 is 0 Å². The van der Waals surface area contributed by atoms with E-state index in [4.69, 9.17) is 4.74 Å². The molecule has 0 aromatic heterocycles. The SMILES string of the molecule is C[C@@H](Cc1ccc2c(c1)CCO2)NC(=O)[C@H]1CC=CCC1. The van der Waals surface area contributed by atoms with Crippen molar-refractivity contribution >= 4 is 5.91 Å². The molecule has 0 bridgehead atoms. The van der Waals surface area contributed by atoms with Crippen LogP contribution in [-0.2, 0) is 17.6 Å². The van der Waals surface area contributed by atoms with Crippen LogP contribution in [0, 0.1) is 5.92 Å². The summed E-state index contributed by atoms with van der Waals surface area (Å²) in [4.78, 5) is 12.2. The van der Waals surface area contributed by atoms with Crippen molar-refractivity contribution in [1.29, 1.82) is 0 Å². The van der Waals surface area contributed by atoms with E-state index in [0.717, 1.165) is 44.5 Å². The van der Waals surface area contributed by atoms with Gasteiger partial charge in [0.1, 0.15) is 5.75 Å². The standard InChI is InChI=1S/C18H23NO2/c1-13(19-18(20)15-5-3-2-4-6-15)11-14-7-8-17-16(12-14)9-10-21-17/h2-3,7-8,12-13,15H,4-6,9-11H2,1H3,(H,19,20)/t13-,15-/m0/s1. The van der Waals surface area contributed by atoms with Crippen LogP contribution in [0.4, 0.5) is 0 Å². The first kappa shape index (κ1) is 14.2. The molecule has 112 valence electrons. The maximum absolute atomic E-state index is 12.2. The second kappa shape index (κ2) is 6.33. The Morgan fingerprint density at radius 2 is 2.33 bits per heavy atom. The number of ether oxygens (including phenoxy) is 1. The van der Waals surface area contributed by atoms with Crippen LogP contribution in [0.2, 0.25) is 0 Å². The van der Waals surface area contributed by atoms with E-state index in [2.05, 4.69) is 42.6 Å². The van der Waals surface area contributed by atoms with Gasteiger partial charge in [0.2, 0.25) is 5.91 Å². The number of hydrogen-bond donors (Lipinski definition) is 1. The maximum atomic E-state index is 12.2. The second-order valence-corrected chi connectivity index (χ2v) is 6.14. The lowest BCUT2D eigenvalue weighted by atomic mass is 9.93. The number of nitrogens with one attached hydrogen (secondary N) is 1. The molecule has 0 fully saturated rings. The predicted octanol–water partition coefficient (Wildman–Crippen LogP) is 3.03. The molecule has 3 heteroatoms. The minimum Gasteiger partial charge on any atom is -0.493 e. The third kappa shape index (κ3) is 3.46. The Kier molecular flexibility index (Phi) is 4.28. The quantitative estimate of drug-likeness (QED) is 0.864. The number of rotatable bonds is 4. The lowest BCUT2D eigenvalue weighted by Gasteiger charge is -2.21. The molecule has 1 amide bonds. The molecule has 2 atom stereocenters. The molecule has 0 spiro atoms. The Hall–Kier alpha value is -1.77. The summed E-state index contributed by atoms with van der Waals surface area (Å²) in [6.07, 6.45) is 9.05. The summed E-state index contributed by atoms with van der Waals surface area (Å²) in [6.45, 7) is 2.88. The van der Waals surface area contributed by atoms with Gasteiger partial charge in [-0.3, -0.25) is 4.79 Å². The first-order valence-corrected chi connectivity index (χ1v) is 7.92. The van der Waals surface area contributed by atoms with Crippen molar-refractivity contribution in [3.05, 3.63) is 41.5 Å². The summed E-state index contributed by atoms with van der Waals surface area (Å²) in [5.41, 5.74) is 2.57. The van der Waals surface area contributed by atoms with Gasteiger partial charge < -0.3 is 10.1 Å². The van der Waals surface area contributed by atoms with Crippen molar-refractivity contribution in [2.45, 2.75) is 45.1 Å². The number of benzene rings is 1. The summed E-state index contributed by atoms with van der Waals surface area (Å²) < 4.78 is 5.53. The molecule has 0 radical (unpaired) electrons. The third-order valence-electron chi connectivity index (χ3n) is 4.32. The van der Waals surface area contributed by atoms with Gasteiger partial charge in [0, 0.05) is 18.4 Å². The van der Waals surface area contributed by atoms with E-state index < -0.39 is 0 Å². The number of allylic oxidation sites excluding steroid dienone is 2. The van der Waals surface area contributed by atoms with Gasteiger partial charge in [0.15, 0.2) is 0 Å². The largest absolute Gasteiger partial charge is 0.493 e. The molecule has 21 heavy (non-hydrogen) atoms. The Bertz CT molecular complexity index is 550. The molecule has 1 aliphatic heterocycles. The topological polar surface area (TPSA) is 38.3 Å². The average Bonchev–Trinajstić information content (AvgIpc) is 2.95. The summed E-state index contributed by atoms with van der Waals surface area (Å²) in [5.74, 6) is 1.38. The summed E-state index contributed by atoms with van der Waals surface area (Å²) in [5, 5.41) is 3.16. The molecule has 3 rings (SSSR count). The van der Waals surface area contributed by atoms with Gasteiger partial charge in [-0.1, -0.05) is 24.3 Å². The minimum atomic E-state index is 0.158. The van der Waals surface area contributed by atoms with Gasteiger partial charge in [-0.2, -0.15) is 0 Å². The monoisotopic (exact) mass is 285 g/mol. The highest BCUT2D eigenvalue weighted by Crippen LogP contribution is 2.26. The number of fused-ring (bicyclic) bond motifs is 1. The van der Waals surface area contributed by atoms with Crippen LogP contribution in [0.3, 0.4) is 0 Å². The van der Waals surface area contributed by atoms with Gasteiger partial charge in [-0.05, 0) is 49.8 Å². The van der Waals surface area contributed by atoms with Crippen LogP contribution in [-0.4, -0.2) is 18.6 Å². The fourth-order valence-corrected chi connectivity index (χ4v) is 3.16. The van der Waals surface area contributed by atoms with E-state index in [1.165, 1.54) is 11.1 Å². The number of carbonyl (C=O) groups is 1. The lowest BCUT2D eigenvalue weighted by Crippen LogP contribution is -2.38. The zero-order valence-corrected chi connectivity index (χ0v) is 12.6. The van der Waals surface area contributed by atoms with E-state index in [1.807, 2.05) is 0 Å². The van der Waals surface area contributed by atoms with Gasteiger partial charge in [0.25, 0.3) is 0 Å². The predicted molar refractivity (Wildman–Crippen MR) is 83.4 cm³/mol. The molecule has 1 heterocycles. The van der Waals surface area contributed by atoms with Crippen molar-refractivity contribution in [1.82, 2.24) is 5.32 Å². The highest BCUT2D eigenvalue weighted by atomic mass is 16.5. The fraction of sp³-hybridized carbons (Fsp3) is 0.500. The normalized spacial score (nSPS) is 21.5. The van der Waals surface area contributed by atoms with Crippen LogP contribution in [0.25, 0.3) is 0 Å². The molecule has 0 saturated carbocycles. The first-order chi connectivity index (χ1) is 10.2. The first-order valence-electron chi connectivity index (χ1n) is 7.92. The van der Waals surface area contributed by atoms with Crippen LogP contribution < -0.4 is 10.1 Å². The number of hydrogen-bond acceptors (Lipinski definition) is 2. The van der Waals surface area contributed by atoms with E-state index in [0.29, 0.717) is 0 Å². The van der Waals surface area contributed by atoms with Crippen LogP contribution in [0.5, 0.6) is 5.75 Å². The molecule has 2 aliphatic rings. The molecule has 0 unspecified atom stereocenters. The van der Waals surface area contributed by atoms with Crippen molar-refractivity contribution in [2.75, 3.05) is 6.61 Å². The zero-order chi connectivity index (χ0) is 14.7. The molecule has 1 aromatic carbocycles.